The number of pyridine rings is 1. The maximum absolute atomic E-state index is 13.4. The molecule has 1 N–H and O–H groups in total. The van der Waals surface area contributed by atoms with E-state index in [1.54, 1.807) is 29.9 Å². The predicted octanol–water partition coefficient (Wildman–Crippen LogP) is 4.31. The molecule has 0 aliphatic rings. The van der Waals surface area contributed by atoms with Gasteiger partial charge in [-0.2, -0.15) is 13.2 Å². The van der Waals surface area contributed by atoms with Gasteiger partial charge in [-0.15, -0.1) is 5.10 Å². The van der Waals surface area contributed by atoms with Crippen molar-refractivity contribution in [3.63, 3.8) is 0 Å². The SMILES string of the molecule is CC(Nc1cc(C(F)(F)F)nc(-c2cccnc2)n1)c1cn(-c2ccccc2)nn1. The van der Waals surface area contributed by atoms with Gasteiger partial charge < -0.3 is 5.32 Å². The van der Waals surface area contributed by atoms with Crippen LogP contribution in [0.25, 0.3) is 17.1 Å². The molecule has 0 aliphatic carbocycles. The van der Waals surface area contributed by atoms with Crippen LogP contribution in [0.1, 0.15) is 24.4 Å². The molecule has 1 aromatic carbocycles. The van der Waals surface area contributed by atoms with Gasteiger partial charge in [0.25, 0.3) is 0 Å². The Labute approximate surface area is 169 Å². The van der Waals surface area contributed by atoms with Crippen LogP contribution in [0.5, 0.6) is 0 Å². The molecule has 1 atom stereocenters. The molecule has 1 unspecified atom stereocenters. The quantitative estimate of drug-likeness (QED) is 0.527. The van der Waals surface area contributed by atoms with E-state index in [2.05, 4.69) is 30.6 Å². The van der Waals surface area contributed by atoms with Crippen molar-refractivity contribution in [2.45, 2.75) is 19.1 Å². The second-order valence-corrected chi connectivity index (χ2v) is 6.49. The molecule has 0 bridgehead atoms. The molecule has 0 amide bonds. The van der Waals surface area contributed by atoms with E-state index in [0.717, 1.165) is 11.8 Å². The molecule has 0 spiro atoms. The van der Waals surface area contributed by atoms with Crippen molar-refractivity contribution < 1.29 is 13.2 Å². The highest BCUT2D eigenvalue weighted by molar-refractivity contribution is 5.56. The second kappa shape index (κ2) is 7.90. The first-order chi connectivity index (χ1) is 14.4. The van der Waals surface area contributed by atoms with Gasteiger partial charge in [-0.05, 0) is 31.2 Å². The van der Waals surface area contributed by atoms with Crippen molar-refractivity contribution >= 4 is 5.82 Å². The number of hydrogen-bond donors (Lipinski definition) is 1. The van der Waals surface area contributed by atoms with E-state index < -0.39 is 17.9 Å². The van der Waals surface area contributed by atoms with Gasteiger partial charge in [-0.1, -0.05) is 23.4 Å². The van der Waals surface area contributed by atoms with Gasteiger partial charge in [0, 0.05) is 24.0 Å². The Hall–Kier alpha value is -3.82. The van der Waals surface area contributed by atoms with Crippen LogP contribution in [0.15, 0.2) is 67.1 Å². The highest BCUT2D eigenvalue weighted by Gasteiger charge is 2.34. The van der Waals surface area contributed by atoms with Gasteiger partial charge in [0.15, 0.2) is 11.5 Å². The minimum atomic E-state index is -4.62. The van der Waals surface area contributed by atoms with Crippen LogP contribution in [0, 0.1) is 0 Å². The normalized spacial score (nSPS) is 12.5. The third kappa shape index (κ3) is 4.27. The van der Waals surface area contributed by atoms with Gasteiger partial charge in [0.05, 0.1) is 17.9 Å². The minimum Gasteiger partial charge on any atom is -0.362 e. The number of halogens is 3. The topological polar surface area (TPSA) is 81.4 Å². The first kappa shape index (κ1) is 19.5. The van der Waals surface area contributed by atoms with Crippen LogP contribution in [-0.2, 0) is 6.18 Å². The maximum Gasteiger partial charge on any atom is 0.433 e. The highest BCUT2D eigenvalue weighted by atomic mass is 19.4. The number of hydrogen-bond acceptors (Lipinski definition) is 6. The molecular formula is C20H16F3N7. The summed E-state index contributed by atoms with van der Waals surface area (Å²) in [6.07, 6.45) is 0.0272. The van der Waals surface area contributed by atoms with E-state index in [1.165, 1.54) is 12.4 Å². The summed E-state index contributed by atoms with van der Waals surface area (Å²) in [5.74, 6) is -0.0431. The first-order valence-corrected chi connectivity index (χ1v) is 9.01. The summed E-state index contributed by atoms with van der Waals surface area (Å²) in [6, 6.07) is 13.0. The summed E-state index contributed by atoms with van der Waals surface area (Å²) in [7, 11) is 0. The van der Waals surface area contributed by atoms with Crippen LogP contribution in [0.2, 0.25) is 0 Å². The van der Waals surface area contributed by atoms with Crippen molar-refractivity contribution in [2.24, 2.45) is 0 Å². The Balaban J connectivity index is 1.63. The lowest BCUT2D eigenvalue weighted by molar-refractivity contribution is -0.141. The molecule has 4 aromatic rings. The molecule has 0 aliphatic heterocycles. The molecule has 0 saturated heterocycles. The predicted molar refractivity (Wildman–Crippen MR) is 104 cm³/mol. The minimum absolute atomic E-state index is 0.0259. The summed E-state index contributed by atoms with van der Waals surface area (Å²) < 4.78 is 41.7. The molecule has 0 saturated carbocycles. The third-order valence-corrected chi connectivity index (χ3v) is 4.28. The van der Waals surface area contributed by atoms with Crippen LogP contribution in [0.4, 0.5) is 19.0 Å². The summed E-state index contributed by atoms with van der Waals surface area (Å²) in [6.45, 7) is 1.76. The molecule has 3 aromatic heterocycles. The second-order valence-electron chi connectivity index (χ2n) is 6.49. The molecule has 4 rings (SSSR count). The van der Waals surface area contributed by atoms with Gasteiger partial charge in [0.2, 0.25) is 0 Å². The molecule has 152 valence electrons. The van der Waals surface area contributed by atoms with Gasteiger partial charge in [0.1, 0.15) is 11.5 Å². The number of alkyl halides is 3. The van der Waals surface area contributed by atoms with Crippen LogP contribution >= 0.6 is 0 Å². The summed E-state index contributed by atoms with van der Waals surface area (Å²) in [5, 5.41) is 11.2. The lowest BCUT2D eigenvalue weighted by Crippen LogP contribution is -2.14. The largest absolute Gasteiger partial charge is 0.433 e. The number of benzene rings is 1. The zero-order chi connectivity index (χ0) is 21.1. The smallest absolute Gasteiger partial charge is 0.362 e. The van der Waals surface area contributed by atoms with Gasteiger partial charge in [-0.25, -0.2) is 14.6 Å². The summed E-state index contributed by atoms with van der Waals surface area (Å²) >= 11 is 0. The zero-order valence-electron chi connectivity index (χ0n) is 15.7. The Morgan fingerprint density at radius 2 is 1.83 bits per heavy atom. The summed E-state index contributed by atoms with van der Waals surface area (Å²) in [4.78, 5) is 11.8. The van der Waals surface area contributed by atoms with Crippen molar-refractivity contribution in [3.8, 4) is 17.1 Å². The molecule has 0 radical (unpaired) electrons. The van der Waals surface area contributed by atoms with Crippen molar-refractivity contribution in [1.29, 1.82) is 0 Å². The van der Waals surface area contributed by atoms with Crippen LogP contribution in [0.3, 0.4) is 0 Å². The highest BCUT2D eigenvalue weighted by Crippen LogP contribution is 2.31. The van der Waals surface area contributed by atoms with E-state index in [4.69, 9.17) is 0 Å². The van der Waals surface area contributed by atoms with Crippen LogP contribution < -0.4 is 5.32 Å². The monoisotopic (exact) mass is 411 g/mol. The molecular weight excluding hydrogens is 395 g/mol. The number of rotatable bonds is 5. The van der Waals surface area contributed by atoms with E-state index in [9.17, 15) is 13.2 Å². The van der Waals surface area contributed by atoms with E-state index in [1.807, 2.05) is 30.3 Å². The molecule has 30 heavy (non-hydrogen) atoms. The molecule has 10 heteroatoms. The van der Waals surface area contributed by atoms with E-state index in [0.29, 0.717) is 11.3 Å². The lowest BCUT2D eigenvalue weighted by Gasteiger charge is -2.15. The Bertz CT molecular complexity index is 1130. The van der Waals surface area contributed by atoms with Crippen LogP contribution in [-0.4, -0.2) is 29.9 Å². The fourth-order valence-corrected chi connectivity index (χ4v) is 2.77. The van der Waals surface area contributed by atoms with Crippen molar-refractivity contribution in [2.75, 3.05) is 5.32 Å². The number of nitrogens with one attached hydrogen (secondary N) is 1. The number of anilines is 1. The van der Waals surface area contributed by atoms with Gasteiger partial charge in [-0.3, -0.25) is 4.98 Å². The van der Waals surface area contributed by atoms with E-state index in [-0.39, 0.29) is 11.6 Å². The van der Waals surface area contributed by atoms with E-state index >= 15 is 0 Å². The first-order valence-electron chi connectivity index (χ1n) is 9.01. The van der Waals surface area contributed by atoms with Crippen molar-refractivity contribution in [1.82, 2.24) is 29.9 Å². The molecule has 3 heterocycles. The fraction of sp³-hybridized carbons (Fsp3) is 0.150. The Morgan fingerprint density at radius 3 is 2.53 bits per heavy atom. The average molecular weight is 411 g/mol. The van der Waals surface area contributed by atoms with Crippen molar-refractivity contribution in [3.05, 3.63) is 78.5 Å². The lowest BCUT2D eigenvalue weighted by atomic mass is 10.2. The zero-order valence-corrected chi connectivity index (χ0v) is 15.7. The molecule has 7 nitrogen and oxygen atoms in total. The fourth-order valence-electron chi connectivity index (χ4n) is 2.77. The third-order valence-electron chi connectivity index (χ3n) is 4.28. The Morgan fingerprint density at radius 1 is 1.03 bits per heavy atom. The standard InChI is InChI=1S/C20H16F3N7/c1-13(16-12-30(29-28-16)15-7-3-2-4-8-15)25-18-10-17(20(21,22)23)26-19(27-18)14-6-5-9-24-11-14/h2-13H,1H3,(H,25,26,27). The maximum atomic E-state index is 13.4. The number of para-hydroxylation sites is 1. The summed E-state index contributed by atoms with van der Waals surface area (Å²) in [5.41, 5.74) is 0.714. The number of nitrogens with zero attached hydrogens (tertiary/aromatic N) is 6. The van der Waals surface area contributed by atoms with Gasteiger partial charge >= 0.3 is 6.18 Å². The average Bonchev–Trinajstić information content (AvgIpc) is 3.25. The Kier molecular flexibility index (Phi) is 5.13. The molecule has 0 fully saturated rings. The number of aromatic nitrogens is 6.